The minimum Gasteiger partial charge on any atom is -0.475 e. The second-order valence-electron chi connectivity index (χ2n) is 4.66. The van der Waals surface area contributed by atoms with Gasteiger partial charge < -0.3 is 20.3 Å². The average molecular weight is 346 g/mol. The SMILES string of the molecule is CCO/C(O)=C(\[N+]#N)C(O)(C(=O)Nc1ccccc1C)C(F)(F)F. The molecule has 0 saturated carbocycles. The number of aliphatic hydroxyl groups excluding tert-OH is 1. The number of hydrogen-bond donors (Lipinski definition) is 3. The van der Waals surface area contributed by atoms with Crippen molar-refractivity contribution in [2.45, 2.75) is 25.6 Å². The molecular weight excluding hydrogens is 331 g/mol. The number of amides is 1. The summed E-state index contributed by atoms with van der Waals surface area (Å²) in [6, 6.07) is 5.88. The number of carbonyl (C=O) groups is 1. The summed E-state index contributed by atoms with van der Waals surface area (Å²) >= 11 is 0. The highest BCUT2D eigenvalue weighted by Gasteiger charge is 2.71. The van der Waals surface area contributed by atoms with E-state index in [1.165, 1.54) is 32.0 Å². The number of nitrogens with one attached hydrogen (secondary N) is 1. The molecule has 0 aliphatic carbocycles. The smallest absolute Gasteiger partial charge is 0.475 e. The maximum absolute atomic E-state index is 13.3. The molecule has 1 atom stereocenters. The first kappa shape index (κ1) is 19.2. The van der Waals surface area contributed by atoms with Crippen molar-refractivity contribution in [3.8, 4) is 0 Å². The van der Waals surface area contributed by atoms with E-state index in [0.29, 0.717) is 5.56 Å². The third-order valence-corrected chi connectivity index (χ3v) is 3.06. The first-order valence-corrected chi connectivity index (χ1v) is 6.67. The van der Waals surface area contributed by atoms with E-state index >= 15 is 0 Å². The molecule has 3 N–H and O–H groups in total. The van der Waals surface area contributed by atoms with Gasteiger partial charge in [-0.25, -0.2) is 0 Å². The normalized spacial score (nSPS) is 14.9. The summed E-state index contributed by atoms with van der Waals surface area (Å²) in [6.45, 7) is 2.55. The standard InChI is InChI=1S/C14H14F3N3O4/c1-3-24-11(21)10(20-18)13(23,14(15,16)17)12(22)19-9-7-5-4-6-8(9)2/h4-7,23H,3H2,1-2H3,(H-,19,21,22)/p+1/b11-10-. The molecule has 1 rings (SSSR count). The number of anilines is 1. The molecule has 0 aliphatic heterocycles. The van der Waals surface area contributed by atoms with E-state index in [4.69, 9.17) is 5.39 Å². The Hall–Kier alpha value is -2.80. The Kier molecular flexibility index (Phi) is 5.76. The van der Waals surface area contributed by atoms with Crippen molar-refractivity contribution >= 4 is 11.6 Å². The fourth-order valence-electron chi connectivity index (χ4n) is 1.77. The highest BCUT2D eigenvalue weighted by atomic mass is 19.4. The molecule has 7 nitrogen and oxygen atoms in total. The number of diazo groups is 1. The number of carbonyl (C=O) groups excluding carboxylic acids is 1. The number of aliphatic hydroxyl groups is 2. The number of ether oxygens (including phenoxy) is 1. The van der Waals surface area contributed by atoms with Crippen LogP contribution in [-0.2, 0) is 9.53 Å². The van der Waals surface area contributed by atoms with Crippen LogP contribution in [0.25, 0.3) is 4.98 Å². The van der Waals surface area contributed by atoms with Crippen LogP contribution in [0.15, 0.2) is 35.9 Å². The first-order chi connectivity index (χ1) is 11.1. The molecule has 1 amide bonds. The van der Waals surface area contributed by atoms with E-state index < -0.39 is 29.3 Å². The maximum atomic E-state index is 13.3. The van der Waals surface area contributed by atoms with Crippen LogP contribution in [0.4, 0.5) is 18.9 Å². The Labute approximate surface area is 135 Å². The number of halogens is 3. The van der Waals surface area contributed by atoms with Gasteiger partial charge in [-0.2, -0.15) is 13.2 Å². The summed E-state index contributed by atoms with van der Waals surface area (Å²) in [5, 5.41) is 30.0. The van der Waals surface area contributed by atoms with Gasteiger partial charge in [-0.3, -0.25) is 4.79 Å². The molecule has 1 aromatic carbocycles. The van der Waals surface area contributed by atoms with E-state index in [1.54, 1.807) is 6.07 Å². The number of alkyl halides is 3. The number of rotatable bonds is 5. The summed E-state index contributed by atoms with van der Waals surface area (Å²) in [7, 11) is 0. The number of aryl methyl sites for hydroxylation is 1. The Morgan fingerprint density at radius 2 is 1.96 bits per heavy atom. The van der Waals surface area contributed by atoms with Gasteiger partial charge in [0.25, 0.3) is 5.91 Å². The van der Waals surface area contributed by atoms with Gasteiger partial charge in [-0.1, -0.05) is 18.2 Å². The summed E-state index contributed by atoms with van der Waals surface area (Å²) in [4.78, 5) is 14.3. The molecule has 1 unspecified atom stereocenters. The number of benzene rings is 1. The molecule has 0 spiro atoms. The molecule has 0 fully saturated rings. The second-order valence-corrected chi connectivity index (χ2v) is 4.66. The van der Waals surface area contributed by atoms with Crippen molar-refractivity contribution < 1.29 is 32.9 Å². The van der Waals surface area contributed by atoms with Gasteiger partial charge in [0.15, 0.2) is 4.98 Å². The van der Waals surface area contributed by atoms with Crippen molar-refractivity contribution in [1.29, 1.82) is 5.39 Å². The van der Waals surface area contributed by atoms with Gasteiger partial charge in [0.05, 0.1) is 6.61 Å². The molecule has 0 aliphatic rings. The minimum atomic E-state index is -5.60. The number of para-hydroxylation sites is 1. The van der Waals surface area contributed by atoms with Gasteiger partial charge in [-0.05, 0) is 25.5 Å². The van der Waals surface area contributed by atoms with Crippen LogP contribution in [0.2, 0.25) is 0 Å². The van der Waals surface area contributed by atoms with Crippen LogP contribution in [0.3, 0.4) is 0 Å². The molecule has 24 heavy (non-hydrogen) atoms. The lowest BCUT2D eigenvalue weighted by Crippen LogP contribution is -2.56. The predicted octanol–water partition coefficient (Wildman–Crippen LogP) is 2.84. The lowest BCUT2D eigenvalue weighted by molar-refractivity contribution is -0.236. The molecular formula is C14H15F3N3O4+. The molecule has 1 aromatic rings. The van der Waals surface area contributed by atoms with Crippen molar-refractivity contribution in [1.82, 2.24) is 0 Å². The van der Waals surface area contributed by atoms with Crippen LogP contribution in [0.1, 0.15) is 12.5 Å². The van der Waals surface area contributed by atoms with E-state index in [2.05, 4.69) is 9.71 Å². The molecule has 0 saturated heterocycles. The largest absolute Gasteiger partial charge is 0.490 e. The Morgan fingerprint density at radius 3 is 2.42 bits per heavy atom. The maximum Gasteiger partial charge on any atom is 0.490 e. The van der Waals surface area contributed by atoms with Gasteiger partial charge in [0.2, 0.25) is 5.39 Å². The lowest BCUT2D eigenvalue weighted by Gasteiger charge is -2.23. The summed E-state index contributed by atoms with van der Waals surface area (Å²) in [6.07, 6.45) is -5.60. The number of nitrogens with zero attached hydrogens (tertiary/aromatic N) is 2. The van der Waals surface area contributed by atoms with E-state index in [9.17, 15) is 28.2 Å². The Morgan fingerprint density at radius 1 is 1.38 bits per heavy atom. The fourth-order valence-corrected chi connectivity index (χ4v) is 1.77. The van der Waals surface area contributed by atoms with Crippen LogP contribution < -0.4 is 5.32 Å². The molecule has 10 heteroatoms. The predicted molar refractivity (Wildman–Crippen MR) is 77.2 cm³/mol. The van der Waals surface area contributed by atoms with E-state index in [0.717, 1.165) is 0 Å². The minimum absolute atomic E-state index is 0.00151. The van der Waals surface area contributed by atoms with Gasteiger partial charge in [0.1, 0.15) is 0 Å². The zero-order chi connectivity index (χ0) is 18.5. The first-order valence-electron chi connectivity index (χ1n) is 6.67. The van der Waals surface area contributed by atoms with E-state index in [1.807, 2.05) is 5.32 Å². The monoisotopic (exact) mass is 346 g/mol. The van der Waals surface area contributed by atoms with Crippen molar-refractivity contribution in [2.75, 3.05) is 11.9 Å². The zero-order valence-corrected chi connectivity index (χ0v) is 12.8. The average Bonchev–Trinajstić information content (AvgIpc) is 2.49. The Balaban J connectivity index is 3.41. The van der Waals surface area contributed by atoms with Gasteiger partial charge >= 0.3 is 23.4 Å². The zero-order valence-electron chi connectivity index (χ0n) is 12.8. The topological polar surface area (TPSA) is 107 Å². The van der Waals surface area contributed by atoms with Crippen molar-refractivity contribution in [2.24, 2.45) is 0 Å². The highest BCUT2D eigenvalue weighted by Crippen LogP contribution is 2.39. The van der Waals surface area contributed by atoms with Crippen molar-refractivity contribution in [3.05, 3.63) is 46.4 Å². The van der Waals surface area contributed by atoms with E-state index in [-0.39, 0.29) is 12.3 Å². The number of hydrogen-bond acceptors (Lipinski definition) is 5. The third-order valence-electron chi connectivity index (χ3n) is 3.06. The lowest BCUT2D eigenvalue weighted by atomic mass is 9.97. The molecule has 130 valence electrons. The third kappa shape index (κ3) is 3.57. The molecule has 0 bridgehead atoms. The Bertz CT molecular complexity index is 697. The molecule has 0 heterocycles. The molecule has 0 aromatic heterocycles. The van der Waals surface area contributed by atoms with Crippen LogP contribution in [-0.4, -0.2) is 34.5 Å². The van der Waals surface area contributed by atoms with Crippen LogP contribution in [0.5, 0.6) is 0 Å². The van der Waals surface area contributed by atoms with Gasteiger partial charge in [0, 0.05) is 5.69 Å². The quantitative estimate of drug-likeness (QED) is 0.561. The fraction of sp³-hybridized carbons (Fsp3) is 0.357. The summed E-state index contributed by atoms with van der Waals surface area (Å²) in [5.74, 6) is -3.50. The van der Waals surface area contributed by atoms with Gasteiger partial charge in [-0.15, -0.1) is 0 Å². The summed E-state index contributed by atoms with van der Waals surface area (Å²) in [5.41, 5.74) is -5.68. The van der Waals surface area contributed by atoms with Crippen LogP contribution in [0, 0.1) is 12.3 Å². The highest BCUT2D eigenvalue weighted by molar-refractivity contribution is 6.01. The second kappa shape index (κ2) is 7.18. The van der Waals surface area contributed by atoms with Crippen molar-refractivity contribution in [3.63, 3.8) is 0 Å². The summed E-state index contributed by atoms with van der Waals surface area (Å²) < 4.78 is 44.3. The van der Waals surface area contributed by atoms with Crippen LogP contribution >= 0.6 is 0 Å². The molecule has 0 radical (unpaired) electrons.